The average Bonchev–Trinajstić information content (AvgIpc) is 3.33. The molecule has 2 aliphatic carbocycles. The van der Waals surface area contributed by atoms with E-state index >= 15 is 0 Å². The summed E-state index contributed by atoms with van der Waals surface area (Å²) in [6.45, 7) is 15.2. The molecule has 264 valence electrons. The van der Waals surface area contributed by atoms with Crippen LogP contribution in [0.4, 0.5) is 5.69 Å². The summed E-state index contributed by atoms with van der Waals surface area (Å²) in [6, 6.07) is 40.1. The van der Waals surface area contributed by atoms with Crippen molar-refractivity contribution in [2.45, 2.75) is 72.8 Å². The molecule has 2 atom stereocenters. The molecule has 3 nitrogen and oxygen atoms in total. The van der Waals surface area contributed by atoms with Crippen LogP contribution < -0.4 is 15.8 Å². The molecular weight excluding hydrogens is 643 g/mol. The second-order valence-corrected chi connectivity index (χ2v) is 14.5. The van der Waals surface area contributed by atoms with Crippen molar-refractivity contribution >= 4 is 56.4 Å². The van der Waals surface area contributed by atoms with Gasteiger partial charge >= 0.3 is 0 Å². The van der Waals surface area contributed by atoms with E-state index in [-0.39, 0.29) is 11.5 Å². The number of hydrogen-bond acceptors (Lipinski definition) is 2. The van der Waals surface area contributed by atoms with Crippen molar-refractivity contribution in [2.75, 3.05) is 5.32 Å². The van der Waals surface area contributed by atoms with E-state index in [1.807, 2.05) is 13.8 Å². The number of fused-ring (bicyclic) bond motifs is 9. The smallest absolute Gasteiger partial charge is 0.208 e. The summed E-state index contributed by atoms with van der Waals surface area (Å²) >= 11 is 0. The fourth-order valence-electron chi connectivity index (χ4n) is 8.69. The van der Waals surface area contributed by atoms with Crippen LogP contribution in [0.3, 0.4) is 0 Å². The van der Waals surface area contributed by atoms with Gasteiger partial charge in [-0.2, -0.15) is 0 Å². The lowest BCUT2D eigenvalue weighted by Crippen LogP contribution is -2.32. The van der Waals surface area contributed by atoms with Gasteiger partial charge in [0.1, 0.15) is 0 Å². The van der Waals surface area contributed by atoms with Gasteiger partial charge in [-0.3, -0.25) is 4.57 Å². The zero-order valence-electron chi connectivity index (χ0n) is 32.1. The van der Waals surface area contributed by atoms with E-state index in [1.54, 1.807) is 0 Å². The van der Waals surface area contributed by atoms with Gasteiger partial charge in [-0.1, -0.05) is 149 Å². The molecule has 0 amide bonds. The number of hydrogen-bond donors (Lipinski definition) is 1. The van der Waals surface area contributed by atoms with E-state index in [0.717, 1.165) is 24.5 Å². The highest BCUT2D eigenvalue weighted by atomic mass is 15.2. The van der Waals surface area contributed by atoms with E-state index in [2.05, 4.69) is 178 Å². The van der Waals surface area contributed by atoms with Crippen molar-refractivity contribution in [1.29, 1.82) is 0 Å². The fraction of sp³-hybridized carbons (Fsp3) is 0.220. The molecule has 1 aromatic heterocycles. The van der Waals surface area contributed by atoms with Crippen LogP contribution in [0.5, 0.6) is 0 Å². The van der Waals surface area contributed by atoms with Gasteiger partial charge in [-0.15, -0.1) is 0 Å². The monoisotopic (exact) mass is 691 g/mol. The molecule has 53 heavy (non-hydrogen) atoms. The molecule has 2 unspecified atom stereocenters. The van der Waals surface area contributed by atoms with Gasteiger partial charge in [0.25, 0.3) is 0 Å². The molecule has 3 heteroatoms. The van der Waals surface area contributed by atoms with E-state index in [9.17, 15) is 0 Å². The number of para-hydroxylation sites is 1. The molecular formula is C50H49N3. The first-order chi connectivity index (χ1) is 25.9. The summed E-state index contributed by atoms with van der Waals surface area (Å²) < 4.78 is 2.42. The zero-order chi connectivity index (χ0) is 36.9. The number of anilines is 1. The number of aliphatic imine (C=N–C) groups is 1. The fourth-order valence-corrected chi connectivity index (χ4v) is 8.69. The second kappa shape index (κ2) is 13.7. The first kappa shape index (κ1) is 34.4. The normalized spacial score (nSPS) is 17.7. The molecule has 7 aromatic rings. The Labute approximate surface area is 313 Å². The lowest BCUT2D eigenvalue weighted by molar-refractivity contribution is 0.553. The number of allylic oxidation sites excluding steroid dienone is 2. The molecule has 10 rings (SSSR count). The van der Waals surface area contributed by atoms with E-state index in [4.69, 9.17) is 4.99 Å². The number of benzene rings is 6. The Morgan fingerprint density at radius 3 is 2.30 bits per heavy atom. The lowest BCUT2D eigenvalue weighted by Gasteiger charge is -2.37. The van der Waals surface area contributed by atoms with Crippen LogP contribution in [0.25, 0.3) is 55.9 Å². The largest absolute Gasteiger partial charge is 0.325 e. The molecule has 1 aliphatic heterocycles. The zero-order valence-corrected chi connectivity index (χ0v) is 32.1. The molecule has 0 saturated heterocycles. The Balaban J connectivity index is 0.000000353. The average molecular weight is 692 g/mol. The summed E-state index contributed by atoms with van der Waals surface area (Å²) in [6.07, 6.45) is 11.0. The van der Waals surface area contributed by atoms with Crippen LogP contribution in [-0.4, -0.2) is 10.5 Å². The molecule has 6 aromatic carbocycles. The number of aromatic nitrogens is 1. The van der Waals surface area contributed by atoms with Gasteiger partial charge in [-0.25, -0.2) is 4.99 Å². The maximum absolute atomic E-state index is 5.32. The van der Waals surface area contributed by atoms with Crippen LogP contribution in [0.15, 0.2) is 126 Å². The molecule has 1 N–H and O–H groups in total. The SMILES string of the molecule is CC.CCC1(C)c2ccccc2-c2c3c1cccc3cc1c2c2ccc3c(c2n1C1=NC(C)c2ccccc2N1)=CCC=CC=3.Cc1ccccc1C. The Kier molecular flexibility index (Phi) is 8.90. The number of rotatable bonds is 1. The van der Waals surface area contributed by atoms with Crippen LogP contribution in [-0.2, 0) is 5.41 Å². The van der Waals surface area contributed by atoms with Crippen LogP contribution in [0.2, 0.25) is 0 Å². The van der Waals surface area contributed by atoms with Crippen LogP contribution >= 0.6 is 0 Å². The standard InChI is InChI=1S/C40H33N3.C8H10.C2H6/c1-4-40(3)31-18-10-8-17-29(31)37-35-26(14-12-19-32(35)40)23-34-36(37)30-22-21-25-13-6-5-7-16-28(25)38(30)43(34)39-41-24(2)27-15-9-11-20-33(27)42-39;1-7-5-3-4-6-8(7)2;1-2/h5-6,8-24H,4,7H2,1-3H3,(H,41,42);3-6H,1-2H3;1-2H3. The highest BCUT2D eigenvalue weighted by molar-refractivity contribution is 6.27. The molecule has 2 heterocycles. The van der Waals surface area contributed by atoms with Gasteiger partial charge in [0.15, 0.2) is 0 Å². The summed E-state index contributed by atoms with van der Waals surface area (Å²) in [5, 5.41) is 11.5. The highest BCUT2D eigenvalue weighted by Crippen LogP contribution is 2.53. The number of nitrogens with zero attached hydrogens (tertiary/aromatic N) is 2. The van der Waals surface area contributed by atoms with E-state index in [1.165, 1.54) is 82.0 Å². The van der Waals surface area contributed by atoms with E-state index < -0.39 is 0 Å². The molecule has 0 radical (unpaired) electrons. The summed E-state index contributed by atoms with van der Waals surface area (Å²) in [4.78, 5) is 5.32. The third-order valence-corrected chi connectivity index (χ3v) is 11.7. The van der Waals surface area contributed by atoms with Gasteiger partial charge < -0.3 is 5.32 Å². The summed E-state index contributed by atoms with van der Waals surface area (Å²) in [5.41, 5.74) is 13.0. The Morgan fingerprint density at radius 1 is 0.811 bits per heavy atom. The van der Waals surface area contributed by atoms with Gasteiger partial charge in [-0.05, 0) is 95.1 Å². The Hall–Kier alpha value is -5.67. The molecule has 0 bridgehead atoms. The third kappa shape index (κ3) is 5.44. The minimum atomic E-state index is -0.0468. The Bertz CT molecular complexity index is 2720. The predicted molar refractivity (Wildman–Crippen MR) is 230 cm³/mol. The molecule has 0 spiro atoms. The number of nitrogens with one attached hydrogen (secondary N) is 1. The van der Waals surface area contributed by atoms with Crippen molar-refractivity contribution in [1.82, 2.24) is 4.57 Å². The predicted octanol–water partition coefficient (Wildman–Crippen LogP) is 11.9. The quantitative estimate of drug-likeness (QED) is 0.182. The number of aryl methyl sites for hydroxylation is 2. The maximum Gasteiger partial charge on any atom is 0.208 e. The van der Waals surface area contributed by atoms with Gasteiger partial charge in [0.05, 0.1) is 17.1 Å². The van der Waals surface area contributed by atoms with Crippen molar-refractivity contribution in [3.63, 3.8) is 0 Å². The lowest BCUT2D eigenvalue weighted by atomic mass is 9.65. The van der Waals surface area contributed by atoms with Gasteiger partial charge in [0, 0.05) is 32.7 Å². The van der Waals surface area contributed by atoms with Gasteiger partial charge in [0.2, 0.25) is 5.96 Å². The Morgan fingerprint density at radius 2 is 1.53 bits per heavy atom. The van der Waals surface area contributed by atoms with E-state index in [0.29, 0.717) is 0 Å². The summed E-state index contributed by atoms with van der Waals surface area (Å²) in [5.74, 6) is 0.885. The minimum Gasteiger partial charge on any atom is -0.325 e. The van der Waals surface area contributed by atoms with Crippen molar-refractivity contribution in [3.8, 4) is 11.1 Å². The first-order valence-electron chi connectivity index (χ1n) is 19.4. The topological polar surface area (TPSA) is 29.3 Å². The second-order valence-electron chi connectivity index (χ2n) is 14.5. The van der Waals surface area contributed by atoms with Crippen molar-refractivity contribution in [2.24, 2.45) is 4.99 Å². The summed E-state index contributed by atoms with van der Waals surface area (Å²) in [7, 11) is 0. The first-order valence-corrected chi connectivity index (χ1v) is 19.4. The molecule has 0 fully saturated rings. The van der Waals surface area contributed by atoms with Crippen LogP contribution in [0, 0.1) is 13.8 Å². The third-order valence-electron chi connectivity index (χ3n) is 11.7. The van der Waals surface area contributed by atoms with Crippen molar-refractivity contribution in [3.05, 3.63) is 160 Å². The van der Waals surface area contributed by atoms with Crippen LogP contribution in [0.1, 0.15) is 81.3 Å². The molecule has 3 aliphatic rings. The minimum absolute atomic E-state index is 0.0468. The van der Waals surface area contributed by atoms with Crippen molar-refractivity contribution < 1.29 is 0 Å². The highest BCUT2D eigenvalue weighted by Gasteiger charge is 2.37. The maximum atomic E-state index is 5.32. The molecule has 0 saturated carbocycles.